The van der Waals surface area contributed by atoms with Crippen LogP contribution in [0.5, 0.6) is 0 Å². The van der Waals surface area contributed by atoms with Crippen LogP contribution in [0.1, 0.15) is 6.92 Å². The first-order valence-corrected chi connectivity index (χ1v) is 6.09. The Morgan fingerprint density at radius 2 is 1.71 bits per heavy atom. The van der Waals surface area contributed by atoms with E-state index in [1.165, 1.54) is 12.1 Å². The van der Waals surface area contributed by atoms with Gasteiger partial charge in [-0.3, -0.25) is 0 Å². The largest absolute Gasteiger partial charge is 0.608 e. The SMILES string of the molecule is CC(=N[S+](c1ccccc1)C(F)(F)F)N(C)C. The molecule has 0 amide bonds. The van der Waals surface area contributed by atoms with Gasteiger partial charge in [0, 0.05) is 14.1 Å². The molecule has 0 radical (unpaired) electrons. The Balaban J connectivity index is 3.11. The van der Waals surface area contributed by atoms with E-state index in [1.807, 2.05) is 0 Å². The summed E-state index contributed by atoms with van der Waals surface area (Å²) in [5, 5.41) is 0. The summed E-state index contributed by atoms with van der Waals surface area (Å²) in [7, 11) is 3.34. The van der Waals surface area contributed by atoms with Crippen molar-refractivity contribution in [2.75, 3.05) is 14.1 Å². The molecule has 1 aromatic rings. The molecule has 2 nitrogen and oxygen atoms in total. The van der Waals surface area contributed by atoms with Crippen LogP contribution in [0.4, 0.5) is 13.2 Å². The van der Waals surface area contributed by atoms with Gasteiger partial charge in [0.25, 0.3) is 11.1 Å². The highest BCUT2D eigenvalue weighted by molar-refractivity contribution is 7.96. The van der Waals surface area contributed by atoms with Crippen LogP contribution >= 0.6 is 0 Å². The summed E-state index contributed by atoms with van der Waals surface area (Å²) in [6, 6.07) is 7.75. The van der Waals surface area contributed by atoms with E-state index in [-0.39, 0.29) is 4.90 Å². The van der Waals surface area contributed by atoms with Crippen LogP contribution < -0.4 is 0 Å². The number of amidine groups is 1. The van der Waals surface area contributed by atoms with Crippen LogP contribution in [0, 0.1) is 0 Å². The molecule has 1 atom stereocenters. The van der Waals surface area contributed by atoms with Crippen LogP contribution in [0.2, 0.25) is 0 Å². The van der Waals surface area contributed by atoms with E-state index in [1.54, 1.807) is 44.1 Å². The molecule has 17 heavy (non-hydrogen) atoms. The second-order valence-electron chi connectivity index (χ2n) is 3.58. The van der Waals surface area contributed by atoms with Crippen molar-refractivity contribution in [3.8, 4) is 0 Å². The molecule has 6 heteroatoms. The van der Waals surface area contributed by atoms with Crippen LogP contribution in [-0.4, -0.2) is 30.3 Å². The maximum atomic E-state index is 12.9. The van der Waals surface area contributed by atoms with Gasteiger partial charge in [-0.1, -0.05) is 18.2 Å². The topological polar surface area (TPSA) is 15.6 Å². The normalized spacial score (nSPS) is 14.6. The van der Waals surface area contributed by atoms with E-state index in [9.17, 15) is 13.2 Å². The third kappa shape index (κ3) is 3.96. The van der Waals surface area contributed by atoms with Gasteiger partial charge in [-0.15, -0.1) is 13.2 Å². The summed E-state index contributed by atoms with van der Waals surface area (Å²) >= 11 is -2.11. The molecular formula is C11H14F3N2S+. The zero-order valence-electron chi connectivity index (χ0n) is 9.82. The minimum atomic E-state index is -4.35. The predicted octanol–water partition coefficient (Wildman–Crippen LogP) is 3.08. The third-order valence-electron chi connectivity index (χ3n) is 2.06. The molecule has 0 heterocycles. The van der Waals surface area contributed by atoms with Gasteiger partial charge >= 0.3 is 5.51 Å². The number of halogens is 3. The van der Waals surface area contributed by atoms with E-state index in [2.05, 4.69) is 4.40 Å². The van der Waals surface area contributed by atoms with Crippen molar-refractivity contribution < 1.29 is 13.2 Å². The monoisotopic (exact) mass is 263 g/mol. The first-order chi connectivity index (χ1) is 7.82. The highest BCUT2D eigenvalue weighted by Gasteiger charge is 2.55. The number of nitrogens with zero attached hydrogens (tertiary/aromatic N) is 2. The van der Waals surface area contributed by atoms with Crippen molar-refractivity contribution in [1.29, 1.82) is 0 Å². The Hall–Kier alpha value is -1.17. The summed E-state index contributed by atoms with van der Waals surface area (Å²) < 4.78 is 42.5. The van der Waals surface area contributed by atoms with Crippen molar-refractivity contribution in [1.82, 2.24) is 4.90 Å². The molecule has 0 aliphatic heterocycles. The highest BCUT2D eigenvalue weighted by Crippen LogP contribution is 2.33. The molecule has 0 spiro atoms. The molecule has 1 unspecified atom stereocenters. The lowest BCUT2D eigenvalue weighted by Gasteiger charge is -2.11. The average Bonchev–Trinajstić information content (AvgIpc) is 2.25. The van der Waals surface area contributed by atoms with E-state index in [4.69, 9.17) is 0 Å². The molecule has 0 aromatic heterocycles. The van der Waals surface area contributed by atoms with Crippen molar-refractivity contribution in [3.05, 3.63) is 30.3 Å². The molecule has 0 N–H and O–H groups in total. The van der Waals surface area contributed by atoms with Crippen molar-refractivity contribution in [3.63, 3.8) is 0 Å². The van der Waals surface area contributed by atoms with E-state index < -0.39 is 16.6 Å². The van der Waals surface area contributed by atoms with Crippen molar-refractivity contribution >= 4 is 16.9 Å². The van der Waals surface area contributed by atoms with Crippen LogP contribution in [-0.2, 0) is 11.1 Å². The average molecular weight is 263 g/mol. The molecule has 94 valence electrons. The molecule has 0 saturated carbocycles. The summed E-state index contributed by atoms with van der Waals surface area (Å²) in [5.74, 6) is 0.356. The smallest absolute Gasteiger partial charge is 0.363 e. The fourth-order valence-corrected chi connectivity index (χ4v) is 2.32. The lowest BCUT2D eigenvalue weighted by atomic mass is 10.4. The van der Waals surface area contributed by atoms with E-state index >= 15 is 0 Å². The zero-order valence-corrected chi connectivity index (χ0v) is 10.6. The predicted molar refractivity (Wildman–Crippen MR) is 64.9 cm³/mol. The molecular weight excluding hydrogens is 249 g/mol. The quantitative estimate of drug-likeness (QED) is 0.455. The second-order valence-corrected chi connectivity index (χ2v) is 5.26. The zero-order chi connectivity index (χ0) is 13.1. The Morgan fingerprint density at radius 1 is 1.18 bits per heavy atom. The minimum absolute atomic E-state index is 0.182. The molecule has 0 aliphatic carbocycles. The van der Waals surface area contributed by atoms with Gasteiger partial charge < -0.3 is 4.90 Å². The summed E-state index contributed by atoms with van der Waals surface area (Å²) in [6.07, 6.45) is 0. The third-order valence-corrected chi connectivity index (χ3v) is 3.66. The Labute approximate surface area is 102 Å². The summed E-state index contributed by atoms with van der Waals surface area (Å²) in [5.41, 5.74) is -4.35. The van der Waals surface area contributed by atoms with Gasteiger partial charge in [0.1, 0.15) is 0 Å². The van der Waals surface area contributed by atoms with Crippen molar-refractivity contribution in [2.45, 2.75) is 17.3 Å². The lowest BCUT2D eigenvalue weighted by molar-refractivity contribution is -0.0370. The Morgan fingerprint density at radius 3 is 2.12 bits per heavy atom. The molecule has 1 rings (SSSR count). The Bertz CT molecular complexity index is 387. The molecule has 0 bridgehead atoms. The van der Waals surface area contributed by atoms with Gasteiger partial charge in [0.2, 0.25) is 0 Å². The lowest BCUT2D eigenvalue weighted by Crippen LogP contribution is -2.26. The van der Waals surface area contributed by atoms with E-state index in [0.717, 1.165) is 0 Å². The van der Waals surface area contributed by atoms with Gasteiger partial charge in [0.15, 0.2) is 10.7 Å². The van der Waals surface area contributed by atoms with Gasteiger partial charge in [-0.25, -0.2) is 0 Å². The van der Waals surface area contributed by atoms with Crippen LogP contribution in [0.3, 0.4) is 0 Å². The maximum absolute atomic E-state index is 12.9. The number of hydrogen-bond acceptors (Lipinski definition) is 1. The Kier molecular flexibility index (Phi) is 4.45. The number of benzene rings is 1. The van der Waals surface area contributed by atoms with Crippen molar-refractivity contribution in [2.24, 2.45) is 4.40 Å². The summed E-state index contributed by atoms with van der Waals surface area (Å²) in [6.45, 7) is 1.56. The van der Waals surface area contributed by atoms with E-state index in [0.29, 0.717) is 5.84 Å². The first-order valence-electron chi connectivity index (χ1n) is 4.91. The molecule has 0 aliphatic rings. The first kappa shape index (κ1) is 13.9. The van der Waals surface area contributed by atoms with Gasteiger partial charge in [-0.05, 0) is 23.5 Å². The second kappa shape index (κ2) is 5.44. The molecule has 0 fully saturated rings. The van der Waals surface area contributed by atoms with Gasteiger partial charge in [0.05, 0.1) is 0 Å². The number of rotatable bonds is 2. The summed E-state index contributed by atoms with van der Waals surface area (Å²) in [4.78, 5) is 1.75. The standard InChI is InChI=1S/C11H14F3N2S/c1-9(16(2)3)15-17(11(12,13)14)10-7-5-4-6-8-10/h4-8H,1-3H3/q+1. The number of hydrogen-bond donors (Lipinski definition) is 0. The van der Waals surface area contributed by atoms with Crippen LogP contribution in [0.15, 0.2) is 39.6 Å². The van der Waals surface area contributed by atoms with Gasteiger partial charge in [-0.2, -0.15) is 0 Å². The maximum Gasteiger partial charge on any atom is 0.608 e. The fourth-order valence-electron chi connectivity index (χ4n) is 1.00. The highest BCUT2D eigenvalue weighted by atomic mass is 32.2. The number of alkyl halides is 3. The van der Waals surface area contributed by atoms with Crippen LogP contribution in [0.25, 0.3) is 0 Å². The molecule has 1 aromatic carbocycles. The fraction of sp³-hybridized carbons (Fsp3) is 0.364. The molecule has 0 saturated heterocycles. The minimum Gasteiger partial charge on any atom is -0.363 e.